The second kappa shape index (κ2) is 7.75. The lowest BCUT2D eigenvalue weighted by atomic mass is 10.1. The number of likely N-dealkylation sites (N-methyl/N-ethyl adjacent to an activating group) is 1. The molecule has 1 rings (SSSR count). The van der Waals surface area contributed by atoms with E-state index in [0.717, 1.165) is 0 Å². The fraction of sp³-hybridized carbons (Fsp3) is 0.533. The Labute approximate surface area is 121 Å². The number of benzene rings is 1. The van der Waals surface area contributed by atoms with Gasteiger partial charge in [0, 0.05) is 25.3 Å². The van der Waals surface area contributed by atoms with Crippen molar-refractivity contribution in [2.75, 3.05) is 46.2 Å². The molecule has 1 aromatic carbocycles. The predicted octanol–water partition coefficient (Wildman–Crippen LogP) is 0.684. The maximum Gasteiger partial charge on any atom is 0.407 e. The fourth-order valence-corrected chi connectivity index (χ4v) is 2.03. The summed E-state index contributed by atoms with van der Waals surface area (Å²) in [5.74, 6) is 0. The number of ether oxygens (including phenoxy) is 1. The summed E-state index contributed by atoms with van der Waals surface area (Å²) in [7, 11) is 8.20. The summed E-state index contributed by atoms with van der Waals surface area (Å²) in [5, 5.41) is 2.81. The van der Waals surface area contributed by atoms with Crippen LogP contribution in [0.1, 0.15) is 18.5 Å². The van der Waals surface area contributed by atoms with E-state index < -0.39 is 0 Å². The topological polar surface area (TPSA) is 46.0 Å². The second-order valence-corrected chi connectivity index (χ2v) is 5.22. The third-order valence-corrected chi connectivity index (χ3v) is 3.23. The standard InChI is InChI=1S/C15H25N3O2/c1-6-20-15(19)16-11-14(18(4)5)12-7-9-13(10-8-12)17(2)3/h7-10,14H,6,11H2,1-5H3,(H,16,19)/p+1/t14-/m1/s1. The molecule has 0 fully saturated rings. The molecule has 0 aliphatic carbocycles. The molecule has 1 atom stereocenters. The molecule has 0 aliphatic heterocycles. The van der Waals surface area contributed by atoms with E-state index in [0.29, 0.717) is 13.2 Å². The molecule has 0 heterocycles. The Kier molecular flexibility index (Phi) is 6.31. The minimum Gasteiger partial charge on any atom is -0.450 e. The first kappa shape index (κ1) is 16.3. The van der Waals surface area contributed by atoms with Crippen LogP contribution in [0.4, 0.5) is 10.5 Å². The van der Waals surface area contributed by atoms with Gasteiger partial charge >= 0.3 is 6.09 Å². The molecule has 0 bridgehead atoms. The Morgan fingerprint density at radius 2 is 1.90 bits per heavy atom. The van der Waals surface area contributed by atoms with Gasteiger partial charge in [0.2, 0.25) is 0 Å². The first-order valence-corrected chi connectivity index (χ1v) is 6.93. The van der Waals surface area contributed by atoms with E-state index >= 15 is 0 Å². The normalized spacial score (nSPS) is 12.1. The van der Waals surface area contributed by atoms with E-state index in [1.165, 1.54) is 16.2 Å². The maximum atomic E-state index is 11.4. The number of quaternary nitrogens is 1. The molecule has 0 radical (unpaired) electrons. The highest BCUT2D eigenvalue weighted by Gasteiger charge is 2.19. The van der Waals surface area contributed by atoms with Crippen LogP contribution in [0.3, 0.4) is 0 Å². The Balaban J connectivity index is 2.73. The van der Waals surface area contributed by atoms with E-state index in [-0.39, 0.29) is 12.1 Å². The quantitative estimate of drug-likeness (QED) is 0.806. The van der Waals surface area contributed by atoms with Crippen molar-refractivity contribution < 1.29 is 14.4 Å². The molecule has 0 aliphatic rings. The monoisotopic (exact) mass is 280 g/mol. The van der Waals surface area contributed by atoms with Crippen LogP contribution in [-0.4, -0.2) is 47.4 Å². The number of nitrogens with one attached hydrogen (secondary N) is 2. The third kappa shape index (κ3) is 4.74. The summed E-state index contributed by atoms with van der Waals surface area (Å²) in [4.78, 5) is 14.7. The van der Waals surface area contributed by atoms with E-state index in [9.17, 15) is 4.79 Å². The molecule has 2 N–H and O–H groups in total. The molecule has 112 valence electrons. The molecular weight excluding hydrogens is 254 g/mol. The molecule has 0 spiro atoms. The molecular formula is C15H26N3O2+. The zero-order valence-corrected chi connectivity index (χ0v) is 13.1. The van der Waals surface area contributed by atoms with E-state index in [4.69, 9.17) is 4.74 Å². The highest BCUT2D eigenvalue weighted by Crippen LogP contribution is 2.15. The molecule has 0 aromatic heterocycles. The van der Waals surface area contributed by atoms with Gasteiger partial charge in [0.05, 0.1) is 27.2 Å². The number of amides is 1. The average Bonchev–Trinajstić information content (AvgIpc) is 2.39. The van der Waals surface area contributed by atoms with Crippen LogP contribution in [0.15, 0.2) is 24.3 Å². The van der Waals surface area contributed by atoms with Gasteiger partial charge < -0.3 is 19.9 Å². The first-order valence-electron chi connectivity index (χ1n) is 6.93. The van der Waals surface area contributed by atoms with Crippen molar-refractivity contribution in [3.05, 3.63) is 29.8 Å². The molecule has 5 nitrogen and oxygen atoms in total. The molecule has 5 heteroatoms. The van der Waals surface area contributed by atoms with Crippen molar-refractivity contribution in [1.29, 1.82) is 0 Å². The number of alkyl carbamates (subject to hydrolysis) is 1. The van der Waals surface area contributed by atoms with Crippen molar-refractivity contribution in [3.8, 4) is 0 Å². The lowest BCUT2D eigenvalue weighted by Gasteiger charge is -2.23. The minimum atomic E-state index is -0.358. The third-order valence-electron chi connectivity index (χ3n) is 3.23. The van der Waals surface area contributed by atoms with Crippen molar-refractivity contribution in [3.63, 3.8) is 0 Å². The summed E-state index contributed by atoms with van der Waals surface area (Å²) in [6.45, 7) is 2.75. The summed E-state index contributed by atoms with van der Waals surface area (Å²) in [6.07, 6.45) is -0.358. The van der Waals surface area contributed by atoms with Gasteiger partial charge in [0.15, 0.2) is 0 Å². The minimum absolute atomic E-state index is 0.204. The van der Waals surface area contributed by atoms with E-state index in [1.807, 2.05) is 14.1 Å². The van der Waals surface area contributed by atoms with E-state index in [1.54, 1.807) is 6.92 Å². The molecule has 20 heavy (non-hydrogen) atoms. The largest absolute Gasteiger partial charge is 0.450 e. The van der Waals surface area contributed by atoms with Crippen LogP contribution in [0.5, 0.6) is 0 Å². The van der Waals surface area contributed by atoms with Crippen LogP contribution in [0, 0.1) is 0 Å². The SMILES string of the molecule is CCOC(=O)NC[C@H](c1ccc(N(C)C)cc1)[NH+](C)C. The van der Waals surface area contributed by atoms with Gasteiger partial charge in [-0.05, 0) is 19.1 Å². The summed E-state index contributed by atoms with van der Waals surface area (Å²) in [5.41, 5.74) is 2.37. The summed E-state index contributed by atoms with van der Waals surface area (Å²) >= 11 is 0. The Morgan fingerprint density at radius 1 is 1.30 bits per heavy atom. The fourth-order valence-electron chi connectivity index (χ4n) is 2.03. The lowest BCUT2D eigenvalue weighted by Crippen LogP contribution is -3.07. The molecule has 1 amide bonds. The summed E-state index contributed by atoms with van der Waals surface area (Å²) < 4.78 is 4.89. The molecule has 0 saturated carbocycles. The molecule has 0 saturated heterocycles. The van der Waals surface area contributed by atoms with Gasteiger partial charge in [-0.2, -0.15) is 0 Å². The van der Waals surface area contributed by atoms with E-state index in [2.05, 4.69) is 48.6 Å². The van der Waals surface area contributed by atoms with Crippen molar-refractivity contribution >= 4 is 11.8 Å². The van der Waals surface area contributed by atoms with Crippen molar-refractivity contribution in [1.82, 2.24) is 5.32 Å². The van der Waals surface area contributed by atoms with Gasteiger partial charge in [0.1, 0.15) is 6.04 Å². The zero-order chi connectivity index (χ0) is 15.1. The average molecular weight is 280 g/mol. The van der Waals surface area contributed by atoms with Crippen LogP contribution >= 0.6 is 0 Å². The number of hydrogen-bond acceptors (Lipinski definition) is 3. The Hall–Kier alpha value is -1.75. The van der Waals surface area contributed by atoms with Crippen LogP contribution in [0.2, 0.25) is 0 Å². The van der Waals surface area contributed by atoms with Crippen molar-refractivity contribution in [2.24, 2.45) is 0 Å². The van der Waals surface area contributed by atoms with Crippen molar-refractivity contribution in [2.45, 2.75) is 13.0 Å². The molecule has 1 aromatic rings. The first-order chi connectivity index (χ1) is 9.45. The number of nitrogens with zero attached hydrogens (tertiary/aromatic N) is 1. The van der Waals surface area contributed by atoms with Gasteiger partial charge in [0.25, 0.3) is 0 Å². The highest BCUT2D eigenvalue weighted by atomic mass is 16.5. The van der Waals surface area contributed by atoms with Gasteiger partial charge in [-0.25, -0.2) is 4.79 Å². The summed E-state index contributed by atoms with van der Waals surface area (Å²) in [6, 6.07) is 8.61. The molecule has 0 unspecified atom stereocenters. The second-order valence-electron chi connectivity index (χ2n) is 5.22. The van der Waals surface area contributed by atoms with Crippen LogP contribution in [0.25, 0.3) is 0 Å². The number of carbonyl (C=O) groups excluding carboxylic acids is 1. The maximum absolute atomic E-state index is 11.4. The predicted molar refractivity (Wildman–Crippen MR) is 81.3 cm³/mol. The van der Waals surface area contributed by atoms with Gasteiger partial charge in [-0.1, -0.05) is 12.1 Å². The van der Waals surface area contributed by atoms with Crippen LogP contribution in [-0.2, 0) is 4.74 Å². The Bertz CT molecular complexity index is 416. The smallest absolute Gasteiger partial charge is 0.407 e. The Morgan fingerprint density at radius 3 is 2.35 bits per heavy atom. The zero-order valence-electron chi connectivity index (χ0n) is 13.1. The number of anilines is 1. The lowest BCUT2D eigenvalue weighted by molar-refractivity contribution is -0.890. The number of rotatable bonds is 6. The van der Waals surface area contributed by atoms with Gasteiger partial charge in [-0.15, -0.1) is 0 Å². The van der Waals surface area contributed by atoms with Crippen LogP contribution < -0.4 is 15.1 Å². The highest BCUT2D eigenvalue weighted by molar-refractivity contribution is 5.67. The van der Waals surface area contributed by atoms with Gasteiger partial charge in [-0.3, -0.25) is 0 Å². The number of carbonyl (C=O) groups is 1. The number of hydrogen-bond donors (Lipinski definition) is 2.